The maximum atomic E-state index is 11.3. The lowest BCUT2D eigenvalue weighted by molar-refractivity contribution is -0.0208. The zero-order chi connectivity index (χ0) is 21.9. The summed E-state index contributed by atoms with van der Waals surface area (Å²) in [5.74, 6) is 1.77. The molecule has 0 radical (unpaired) electrons. The highest BCUT2D eigenvalue weighted by Gasteiger charge is 2.57. The van der Waals surface area contributed by atoms with Crippen molar-refractivity contribution in [3.63, 3.8) is 0 Å². The van der Waals surface area contributed by atoms with E-state index in [0.717, 1.165) is 12.3 Å². The molecule has 0 saturated heterocycles. The molecule has 4 rings (SSSR count). The molecule has 6 atom stereocenters. The van der Waals surface area contributed by atoms with Gasteiger partial charge in [-0.15, -0.1) is 0 Å². The third-order valence-electron chi connectivity index (χ3n) is 10.4. The van der Waals surface area contributed by atoms with Crippen LogP contribution in [-0.4, -0.2) is 26.1 Å². The average molecular weight is 431 g/mol. The summed E-state index contributed by atoms with van der Waals surface area (Å²) >= 11 is 0. The van der Waals surface area contributed by atoms with Crippen molar-refractivity contribution in [2.45, 2.75) is 110 Å². The number of aliphatic hydroxyl groups excluding tert-OH is 1. The van der Waals surface area contributed by atoms with Gasteiger partial charge in [0.15, 0.2) is 8.32 Å². The van der Waals surface area contributed by atoms with Crippen molar-refractivity contribution in [3.8, 4) is 0 Å². The van der Waals surface area contributed by atoms with Gasteiger partial charge in [-0.1, -0.05) is 64.3 Å². The van der Waals surface area contributed by atoms with Crippen molar-refractivity contribution in [1.29, 1.82) is 0 Å². The molecule has 0 aromatic rings. The standard InChI is InChI=1S/C27H46O2Si/c1-25(2,3)30(6,7)29-18-24(28)23-14-13-21-20-12-11-19-10-8-9-16-26(19,4)22(20)15-17-27(21,23)5/h11-12,21-24,28H,8-10,13-18H2,1-7H3/t21-,22-,23+,24-,26-,27-/m0/s1. The van der Waals surface area contributed by atoms with Crippen LogP contribution < -0.4 is 0 Å². The van der Waals surface area contributed by atoms with E-state index in [1.165, 1.54) is 44.9 Å². The molecule has 3 heteroatoms. The van der Waals surface area contributed by atoms with E-state index < -0.39 is 8.32 Å². The summed E-state index contributed by atoms with van der Waals surface area (Å²) in [4.78, 5) is 0. The van der Waals surface area contributed by atoms with Gasteiger partial charge in [0.25, 0.3) is 0 Å². The van der Waals surface area contributed by atoms with Crippen LogP contribution in [0.2, 0.25) is 18.1 Å². The Morgan fingerprint density at radius 2 is 1.80 bits per heavy atom. The molecule has 0 amide bonds. The van der Waals surface area contributed by atoms with Gasteiger partial charge in [-0.05, 0) is 91.7 Å². The molecular weight excluding hydrogens is 384 g/mol. The Bertz CT molecular complexity index is 730. The molecule has 0 aliphatic heterocycles. The van der Waals surface area contributed by atoms with Crippen LogP contribution in [-0.2, 0) is 4.43 Å². The Labute approximate surface area is 186 Å². The number of hydrogen-bond donors (Lipinski definition) is 1. The molecule has 4 aliphatic carbocycles. The molecule has 3 saturated carbocycles. The molecular formula is C27H46O2Si. The van der Waals surface area contributed by atoms with Crippen LogP contribution in [0, 0.1) is 28.6 Å². The smallest absolute Gasteiger partial charge is 0.192 e. The highest BCUT2D eigenvalue weighted by Crippen LogP contribution is 2.65. The van der Waals surface area contributed by atoms with E-state index in [1.54, 1.807) is 11.1 Å². The second-order valence-electron chi connectivity index (χ2n) is 13.0. The zero-order valence-corrected chi connectivity index (χ0v) is 21.7. The van der Waals surface area contributed by atoms with E-state index in [1.807, 2.05) is 0 Å². The third kappa shape index (κ3) is 3.51. The predicted octanol–water partition coefficient (Wildman–Crippen LogP) is 7.26. The molecule has 0 aromatic heterocycles. The third-order valence-corrected chi connectivity index (χ3v) is 14.9. The molecule has 4 aliphatic rings. The maximum absolute atomic E-state index is 11.3. The van der Waals surface area contributed by atoms with Gasteiger partial charge in [0.1, 0.15) is 0 Å². The zero-order valence-electron chi connectivity index (χ0n) is 20.7. The number of allylic oxidation sites excluding steroid dienone is 4. The minimum Gasteiger partial charge on any atom is -0.414 e. The van der Waals surface area contributed by atoms with Crippen molar-refractivity contribution >= 4 is 8.32 Å². The highest BCUT2D eigenvalue weighted by atomic mass is 28.4. The number of hydrogen-bond acceptors (Lipinski definition) is 2. The molecule has 0 heterocycles. The van der Waals surface area contributed by atoms with E-state index in [2.05, 4.69) is 59.9 Å². The van der Waals surface area contributed by atoms with Gasteiger partial charge in [0.2, 0.25) is 0 Å². The summed E-state index contributed by atoms with van der Waals surface area (Å²) in [6, 6.07) is 0. The molecule has 0 unspecified atom stereocenters. The van der Waals surface area contributed by atoms with Gasteiger partial charge in [-0.25, -0.2) is 0 Å². The molecule has 0 bridgehead atoms. The van der Waals surface area contributed by atoms with Gasteiger partial charge in [0, 0.05) is 0 Å². The van der Waals surface area contributed by atoms with Crippen LogP contribution in [0.4, 0.5) is 0 Å². The van der Waals surface area contributed by atoms with Crippen LogP contribution in [0.15, 0.2) is 23.3 Å². The Balaban J connectivity index is 1.51. The lowest BCUT2D eigenvalue weighted by atomic mass is 9.50. The van der Waals surface area contributed by atoms with Crippen LogP contribution in [0.25, 0.3) is 0 Å². The number of rotatable bonds is 4. The van der Waals surface area contributed by atoms with E-state index in [9.17, 15) is 5.11 Å². The molecule has 30 heavy (non-hydrogen) atoms. The summed E-state index contributed by atoms with van der Waals surface area (Å²) in [6.45, 7) is 17.0. The SMILES string of the molecule is CC(C)(C)[Si](C)(C)OC[C@H](O)[C@H]1CC[C@H]2C3=CC=C4CCCC[C@]4(C)[C@H]3CC[C@]12C. The topological polar surface area (TPSA) is 29.5 Å². The van der Waals surface area contributed by atoms with Gasteiger partial charge in [-0.2, -0.15) is 0 Å². The Morgan fingerprint density at radius 1 is 1.07 bits per heavy atom. The second kappa shape index (κ2) is 7.59. The fourth-order valence-corrected chi connectivity index (χ4v) is 8.36. The molecule has 1 N–H and O–H groups in total. The normalized spacial score (nSPS) is 40.1. The summed E-state index contributed by atoms with van der Waals surface area (Å²) in [6.07, 6.45) is 15.1. The van der Waals surface area contributed by atoms with Crippen LogP contribution in [0.1, 0.15) is 86.0 Å². The summed E-state index contributed by atoms with van der Waals surface area (Å²) < 4.78 is 6.45. The lowest BCUT2D eigenvalue weighted by Gasteiger charge is -2.54. The molecule has 0 spiro atoms. The summed E-state index contributed by atoms with van der Waals surface area (Å²) in [5, 5.41) is 11.5. The fraction of sp³-hybridized carbons (Fsp3) is 0.852. The van der Waals surface area contributed by atoms with Crippen molar-refractivity contribution < 1.29 is 9.53 Å². The number of aliphatic hydroxyl groups is 1. The Kier molecular flexibility index (Phi) is 5.77. The average Bonchev–Trinajstić information content (AvgIpc) is 3.02. The van der Waals surface area contributed by atoms with Crippen molar-refractivity contribution in [2.75, 3.05) is 6.61 Å². The minimum atomic E-state index is -1.82. The quantitative estimate of drug-likeness (QED) is 0.476. The van der Waals surface area contributed by atoms with E-state index >= 15 is 0 Å². The van der Waals surface area contributed by atoms with Gasteiger partial charge >= 0.3 is 0 Å². The fourth-order valence-electron chi connectivity index (χ4n) is 7.34. The van der Waals surface area contributed by atoms with E-state index in [-0.39, 0.29) is 16.6 Å². The highest BCUT2D eigenvalue weighted by molar-refractivity contribution is 6.74. The summed E-state index contributed by atoms with van der Waals surface area (Å²) in [7, 11) is -1.82. The van der Waals surface area contributed by atoms with Crippen LogP contribution in [0.3, 0.4) is 0 Å². The predicted molar refractivity (Wildman–Crippen MR) is 129 cm³/mol. The lowest BCUT2D eigenvalue weighted by Crippen LogP contribution is -2.48. The molecule has 3 fully saturated rings. The maximum Gasteiger partial charge on any atom is 0.192 e. The first-order valence-corrected chi connectivity index (χ1v) is 15.5. The largest absolute Gasteiger partial charge is 0.414 e. The first-order valence-electron chi connectivity index (χ1n) is 12.6. The van der Waals surface area contributed by atoms with Crippen LogP contribution in [0.5, 0.6) is 0 Å². The number of fused-ring (bicyclic) bond motifs is 5. The Morgan fingerprint density at radius 3 is 2.50 bits per heavy atom. The first kappa shape index (κ1) is 22.8. The van der Waals surface area contributed by atoms with Gasteiger partial charge in [0.05, 0.1) is 12.7 Å². The Hall–Kier alpha value is -0.383. The summed E-state index contributed by atoms with van der Waals surface area (Å²) in [5.41, 5.74) is 4.10. The van der Waals surface area contributed by atoms with Crippen molar-refractivity contribution in [2.24, 2.45) is 28.6 Å². The molecule has 170 valence electrons. The van der Waals surface area contributed by atoms with E-state index in [4.69, 9.17) is 4.43 Å². The van der Waals surface area contributed by atoms with Crippen molar-refractivity contribution in [3.05, 3.63) is 23.3 Å². The molecule has 0 aromatic carbocycles. The van der Waals surface area contributed by atoms with E-state index in [0.29, 0.717) is 23.9 Å². The first-order chi connectivity index (χ1) is 13.9. The monoisotopic (exact) mass is 430 g/mol. The van der Waals surface area contributed by atoms with Gasteiger partial charge < -0.3 is 9.53 Å². The van der Waals surface area contributed by atoms with Crippen molar-refractivity contribution in [1.82, 2.24) is 0 Å². The molecule has 2 nitrogen and oxygen atoms in total. The van der Waals surface area contributed by atoms with Crippen LogP contribution >= 0.6 is 0 Å². The van der Waals surface area contributed by atoms with Gasteiger partial charge in [-0.3, -0.25) is 0 Å². The minimum absolute atomic E-state index is 0.194. The second-order valence-corrected chi connectivity index (χ2v) is 17.8.